The predicted octanol–water partition coefficient (Wildman–Crippen LogP) is 5.13. The molecule has 21 heavy (non-hydrogen) atoms. The molecule has 1 aromatic heterocycles. The summed E-state index contributed by atoms with van der Waals surface area (Å²) in [6, 6.07) is 7.96. The molecule has 0 unspecified atom stereocenters. The molecule has 3 rings (SSSR count). The Hall–Kier alpha value is -0.900. The Morgan fingerprint density at radius 1 is 1.24 bits per heavy atom. The van der Waals surface area contributed by atoms with E-state index < -0.39 is 0 Å². The standard InChI is InChI=1S/C17H21ClN2S/c18-15-8-4-7-14(9-15)16-11-20-17(21-16)12-19-10-13-5-2-1-3-6-13/h4,7-9,11,13,19H,1-3,5-6,10,12H2. The molecule has 1 N–H and O–H groups in total. The average Bonchev–Trinajstić information content (AvgIpc) is 2.97. The van der Waals surface area contributed by atoms with Gasteiger partial charge in [-0.3, -0.25) is 0 Å². The van der Waals surface area contributed by atoms with Gasteiger partial charge in [0.2, 0.25) is 0 Å². The highest BCUT2D eigenvalue weighted by atomic mass is 35.5. The van der Waals surface area contributed by atoms with Gasteiger partial charge in [0, 0.05) is 17.8 Å². The summed E-state index contributed by atoms with van der Waals surface area (Å²) in [5, 5.41) is 5.50. The molecule has 1 saturated carbocycles. The van der Waals surface area contributed by atoms with Gasteiger partial charge in [-0.1, -0.05) is 43.0 Å². The second-order valence-electron chi connectivity index (χ2n) is 5.76. The number of rotatable bonds is 5. The van der Waals surface area contributed by atoms with Crippen LogP contribution in [0.4, 0.5) is 0 Å². The SMILES string of the molecule is Clc1cccc(-c2cnc(CNCC3CCCCC3)s2)c1. The summed E-state index contributed by atoms with van der Waals surface area (Å²) in [4.78, 5) is 5.70. The van der Waals surface area contributed by atoms with Crippen LogP contribution in [0, 0.1) is 5.92 Å². The molecular formula is C17H21ClN2S. The third kappa shape index (κ3) is 4.29. The smallest absolute Gasteiger partial charge is 0.107 e. The summed E-state index contributed by atoms with van der Waals surface area (Å²) in [6.45, 7) is 2.01. The number of halogens is 1. The molecule has 0 aliphatic heterocycles. The van der Waals surface area contributed by atoms with Crippen LogP contribution in [0.5, 0.6) is 0 Å². The van der Waals surface area contributed by atoms with Crippen molar-refractivity contribution in [3.05, 3.63) is 40.5 Å². The number of nitrogens with one attached hydrogen (secondary N) is 1. The van der Waals surface area contributed by atoms with Gasteiger partial charge in [-0.25, -0.2) is 4.98 Å². The second kappa shape index (κ2) is 7.39. The Kier molecular flexibility index (Phi) is 5.28. The van der Waals surface area contributed by atoms with Crippen LogP contribution in [-0.4, -0.2) is 11.5 Å². The first kappa shape index (κ1) is 15.0. The van der Waals surface area contributed by atoms with Crippen molar-refractivity contribution in [1.82, 2.24) is 10.3 Å². The lowest BCUT2D eigenvalue weighted by Gasteiger charge is -2.21. The van der Waals surface area contributed by atoms with Gasteiger partial charge in [-0.2, -0.15) is 0 Å². The number of thiazole rings is 1. The van der Waals surface area contributed by atoms with E-state index in [0.717, 1.165) is 34.6 Å². The van der Waals surface area contributed by atoms with Crippen LogP contribution in [0.1, 0.15) is 37.1 Å². The van der Waals surface area contributed by atoms with E-state index in [0.29, 0.717) is 0 Å². The van der Waals surface area contributed by atoms with Crippen molar-refractivity contribution in [1.29, 1.82) is 0 Å². The van der Waals surface area contributed by atoms with Gasteiger partial charge in [0.25, 0.3) is 0 Å². The van der Waals surface area contributed by atoms with E-state index in [9.17, 15) is 0 Å². The highest BCUT2D eigenvalue weighted by molar-refractivity contribution is 7.15. The quantitative estimate of drug-likeness (QED) is 0.825. The van der Waals surface area contributed by atoms with Crippen molar-refractivity contribution in [2.24, 2.45) is 5.92 Å². The highest BCUT2D eigenvalue weighted by Gasteiger charge is 2.13. The molecule has 2 nitrogen and oxygen atoms in total. The third-order valence-corrected chi connectivity index (χ3v) is 5.38. The zero-order chi connectivity index (χ0) is 14.5. The minimum atomic E-state index is 0.776. The molecule has 2 aromatic rings. The van der Waals surface area contributed by atoms with E-state index in [-0.39, 0.29) is 0 Å². The topological polar surface area (TPSA) is 24.9 Å². The zero-order valence-electron chi connectivity index (χ0n) is 12.1. The molecular weight excluding hydrogens is 300 g/mol. The van der Waals surface area contributed by atoms with Gasteiger partial charge in [0.05, 0.1) is 4.88 Å². The second-order valence-corrected chi connectivity index (χ2v) is 7.32. The molecule has 0 saturated heterocycles. The fraction of sp³-hybridized carbons (Fsp3) is 0.471. The van der Waals surface area contributed by atoms with E-state index >= 15 is 0 Å². The minimum Gasteiger partial charge on any atom is -0.310 e. The summed E-state index contributed by atoms with van der Waals surface area (Å²) < 4.78 is 0. The van der Waals surface area contributed by atoms with E-state index in [4.69, 9.17) is 11.6 Å². The van der Waals surface area contributed by atoms with E-state index in [1.54, 1.807) is 11.3 Å². The molecule has 0 atom stereocenters. The monoisotopic (exact) mass is 320 g/mol. The fourth-order valence-corrected chi connectivity index (χ4v) is 4.02. The van der Waals surface area contributed by atoms with Crippen LogP contribution in [0.25, 0.3) is 10.4 Å². The molecule has 1 fully saturated rings. The van der Waals surface area contributed by atoms with Gasteiger partial charge in [0.15, 0.2) is 0 Å². The Labute approximate surface area is 135 Å². The maximum Gasteiger partial charge on any atom is 0.107 e. The van der Waals surface area contributed by atoms with E-state index in [2.05, 4.69) is 16.4 Å². The molecule has 1 heterocycles. The van der Waals surface area contributed by atoms with Crippen molar-refractivity contribution >= 4 is 22.9 Å². The molecule has 0 amide bonds. The summed E-state index contributed by atoms with van der Waals surface area (Å²) >= 11 is 7.79. The van der Waals surface area contributed by atoms with Crippen LogP contribution in [0.15, 0.2) is 30.5 Å². The summed E-state index contributed by atoms with van der Waals surface area (Å²) in [5.74, 6) is 0.867. The number of nitrogens with zero attached hydrogens (tertiary/aromatic N) is 1. The molecule has 0 bridgehead atoms. The molecule has 0 spiro atoms. The van der Waals surface area contributed by atoms with Crippen molar-refractivity contribution in [2.75, 3.05) is 6.54 Å². The normalized spacial score (nSPS) is 16.2. The largest absolute Gasteiger partial charge is 0.310 e. The Morgan fingerprint density at radius 2 is 2.10 bits per heavy atom. The highest BCUT2D eigenvalue weighted by Crippen LogP contribution is 2.28. The lowest BCUT2D eigenvalue weighted by atomic mass is 9.89. The molecule has 0 radical (unpaired) electrons. The summed E-state index contributed by atoms with van der Waals surface area (Å²) in [6.07, 6.45) is 8.96. The van der Waals surface area contributed by atoms with Crippen LogP contribution < -0.4 is 5.32 Å². The van der Waals surface area contributed by atoms with Gasteiger partial charge in [0.1, 0.15) is 5.01 Å². The summed E-state index contributed by atoms with van der Waals surface area (Å²) in [5.41, 5.74) is 1.15. The maximum atomic E-state index is 6.04. The van der Waals surface area contributed by atoms with Crippen LogP contribution in [0.3, 0.4) is 0 Å². The van der Waals surface area contributed by atoms with Gasteiger partial charge < -0.3 is 5.32 Å². The Morgan fingerprint density at radius 3 is 2.90 bits per heavy atom. The fourth-order valence-electron chi connectivity index (χ4n) is 2.94. The van der Waals surface area contributed by atoms with Crippen molar-refractivity contribution < 1.29 is 0 Å². The number of hydrogen-bond donors (Lipinski definition) is 1. The van der Waals surface area contributed by atoms with Gasteiger partial charge in [-0.05, 0) is 43.0 Å². The third-order valence-electron chi connectivity index (χ3n) is 4.10. The Balaban J connectivity index is 1.53. The molecule has 4 heteroatoms. The minimum absolute atomic E-state index is 0.776. The van der Waals surface area contributed by atoms with E-state index in [1.807, 2.05) is 24.4 Å². The van der Waals surface area contributed by atoms with Crippen LogP contribution >= 0.6 is 22.9 Å². The molecule has 1 aromatic carbocycles. The predicted molar refractivity (Wildman–Crippen MR) is 90.8 cm³/mol. The van der Waals surface area contributed by atoms with E-state index in [1.165, 1.54) is 37.0 Å². The first-order chi connectivity index (χ1) is 10.3. The zero-order valence-corrected chi connectivity index (χ0v) is 13.7. The molecule has 1 aliphatic carbocycles. The van der Waals surface area contributed by atoms with Crippen molar-refractivity contribution in [3.8, 4) is 10.4 Å². The maximum absolute atomic E-state index is 6.04. The lowest BCUT2D eigenvalue weighted by Crippen LogP contribution is -2.24. The van der Waals surface area contributed by atoms with Crippen molar-refractivity contribution in [3.63, 3.8) is 0 Å². The van der Waals surface area contributed by atoms with Crippen LogP contribution in [-0.2, 0) is 6.54 Å². The number of hydrogen-bond acceptors (Lipinski definition) is 3. The number of aromatic nitrogens is 1. The van der Waals surface area contributed by atoms with Gasteiger partial charge >= 0.3 is 0 Å². The van der Waals surface area contributed by atoms with Gasteiger partial charge in [-0.15, -0.1) is 11.3 Å². The molecule has 112 valence electrons. The first-order valence-electron chi connectivity index (χ1n) is 7.72. The van der Waals surface area contributed by atoms with Crippen LogP contribution in [0.2, 0.25) is 5.02 Å². The lowest BCUT2D eigenvalue weighted by molar-refractivity contribution is 0.342. The molecule has 1 aliphatic rings. The Bertz CT molecular complexity index is 576. The average molecular weight is 321 g/mol. The van der Waals surface area contributed by atoms with Crippen molar-refractivity contribution in [2.45, 2.75) is 38.6 Å². The number of benzene rings is 1. The first-order valence-corrected chi connectivity index (χ1v) is 8.92. The summed E-state index contributed by atoms with van der Waals surface area (Å²) in [7, 11) is 0.